The number of likely N-dealkylation sites (tertiary alicyclic amines) is 1. The Kier molecular flexibility index (Phi) is 2.47. The number of rotatable bonds is 2. The molecule has 1 saturated heterocycles. The molecule has 1 aliphatic carbocycles. The number of nitriles is 1. The van der Waals surface area contributed by atoms with Gasteiger partial charge in [0.25, 0.3) is 0 Å². The summed E-state index contributed by atoms with van der Waals surface area (Å²) in [6, 6.07) is 1.47. The van der Waals surface area contributed by atoms with Gasteiger partial charge in [0.05, 0.1) is 6.07 Å². The molecule has 80 valence electrons. The molecule has 1 aliphatic heterocycles. The van der Waals surface area contributed by atoms with Crippen LogP contribution in [0.5, 0.6) is 0 Å². The molecule has 2 rings (SSSR count). The molecule has 1 heterocycles. The zero-order valence-corrected chi connectivity index (χ0v) is 8.77. The lowest BCUT2D eigenvalue weighted by Crippen LogP contribution is -2.51. The van der Waals surface area contributed by atoms with Crippen LogP contribution < -0.4 is 0 Å². The average Bonchev–Trinajstić information content (AvgIpc) is 2.68. The third-order valence-corrected chi connectivity index (χ3v) is 3.45. The second kappa shape index (κ2) is 3.65. The Bertz CT molecular complexity index is 323. The Morgan fingerprint density at radius 1 is 1.40 bits per heavy atom. The first-order valence-corrected chi connectivity index (χ1v) is 5.45. The standard InChI is InChI=1S/C11H14N2O2/c1-2-9(6-12)13-10(14)7-3-4-8(5-7)11(13)15/h7-9H,2-5H2,1H3. The molecule has 2 bridgehead atoms. The molecule has 0 aromatic rings. The molecule has 2 amide bonds. The van der Waals surface area contributed by atoms with E-state index < -0.39 is 6.04 Å². The van der Waals surface area contributed by atoms with E-state index in [1.807, 2.05) is 13.0 Å². The summed E-state index contributed by atoms with van der Waals surface area (Å²) in [4.78, 5) is 25.0. The zero-order valence-electron chi connectivity index (χ0n) is 8.77. The first-order chi connectivity index (χ1) is 7.19. The molecular formula is C11H14N2O2. The maximum atomic E-state index is 11.9. The quantitative estimate of drug-likeness (QED) is 0.635. The lowest BCUT2D eigenvalue weighted by molar-refractivity contribution is -0.154. The summed E-state index contributed by atoms with van der Waals surface area (Å²) < 4.78 is 0. The highest BCUT2D eigenvalue weighted by Gasteiger charge is 2.47. The molecule has 2 aliphatic rings. The zero-order chi connectivity index (χ0) is 11.0. The molecular weight excluding hydrogens is 192 g/mol. The summed E-state index contributed by atoms with van der Waals surface area (Å²) in [6.07, 6.45) is 2.85. The molecule has 4 nitrogen and oxygen atoms in total. The van der Waals surface area contributed by atoms with Crippen LogP contribution in [-0.4, -0.2) is 22.8 Å². The van der Waals surface area contributed by atoms with Crippen molar-refractivity contribution in [2.75, 3.05) is 0 Å². The number of amides is 2. The summed E-state index contributed by atoms with van der Waals surface area (Å²) in [5.41, 5.74) is 0. The fourth-order valence-electron chi connectivity index (χ4n) is 2.57. The Balaban J connectivity index is 2.27. The average molecular weight is 206 g/mol. The second-order valence-electron chi connectivity index (χ2n) is 4.31. The van der Waals surface area contributed by atoms with Gasteiger partial charge in [0.2, 0.25) is 11.8 Å². The summed E-state index contributed by atoms with van der Waals surface area (Å²) in [7, 11) is 0. The van der Waals surface area contributed by atoms with Crippen LogP contribution in [0.3, 0.4) is 0 Å². The minimum atomic E-state index is -0.562. The van der Waals surface area contributed by atoms with Gasteiger partial charge < -0.3 is 0 Å². The topological polar surface area (TPSA) is 61.2 Å². The molecule has 3 atom stereocenters. The van der Waals surface area contributed by atoms with Gasteiger partial charge >= 0.3 is 0 Å². The van der Waals surface area contributed by atoms with Crippen LogP contribution in [0, 0.1) is 23.2 Å². The monoisotopic (exact) mass is 206 g/mol. The van der Waals surface area contributed by atoms with Crippen molar-refractivity contribution in [2.24, 2.45) is 11.8 Å². The van der Waals surface area contributed by atoms with E-state index in [0.29, 0.717) is 12.8 Å². The van der Waals surface area contributed by atoms with E-state index in [1.165, 1.54) is 4.90 Å². The Labute approximate surface area is 88.9 Å². The Hall–Kier alpha value is -1.37. The van der Waals surface area contributed by atoms with E-state index in [9.17, 15) is 9.59 Å². The summed E-state index contributed by atoms with van der Waals surface area (Å²) >= 11 is 0. The Morgan fingerprint density at radius 3 is 2.33 bits per heavy atom. The molecule has 0 spiro atoms. The number of piperidine rings is 1. The molecule has 2 fully saturated rings. The van der Waals surface area contributed by atoms with E-state index in [0.717, 1.165) is 12.8 Å². The van der Waals surface area contributed by atoms with Crippen LogP contribution in [0.25, 0.3) is 0 Å². The first-order valence-electron chi connectivity index (χ1n) is 5.45. The summed E-state index contributed by atoms with van der Waals surface area (Å²) in [5, 5.41) is 8.91. The molecule has 15 heavy (non-hydrogen) atoms. The molecule has 0 aromatic carbocycles. The SMILES string of the molecule is CCC(C#N)N1C(=O)C2CCC(C2)C1=O. The number of carbonyl (C=O) groups excluding carboxylic acids is 2. The summed E-state index contributed by atoms with van der Waals surface area (Å²) in [6.45, 7) is 1.82. The van der Waals surface area contributed by atoms with Crippen LogP contribution in [0.1, 0.15) is 32.6 Å². The van der Waals surface area contributed by atoms with E-state index in [4.69, 9.17) is 5.26 Å². The fourth-order valence-corrected chi connectivity index (χ4v) is 2.57. The highest BCUT2D eigenvalue weighted by atomic mass is 16.2. The molecule has 1 saturated carbocycles. The van der Waals surface area contributed by atoms with Crippen molar-refractivity contribution in [3.63, 3.8) is 0 Å². The third-order valence-electron chi connectivity index (χ3n) is 3.45. The van der Waals surface area contributed by atoms with Gasteiger partial charge in [-0.1, -0.05) is 6.92 Å². The first kappa shape index (κ1) is 10.2. The van der Waals surface area contributed by atoms with Gasteiger partial charge in [-0.3, -0.25) is 14.5 Å². The predicted molar refractivity (Wildman–Crippen MR) is 52.4 cm³/mol. The van der Waals surface area contributed by atoms with Crippen molar-refractivity contribution in [1.82, 2.24) is 4.90 Å². The van der Waals surface area contributed by atoms with Crippen LogP contribution >= 0.6 is 0 Å². The number of carbonyl (C=O) groups is 2. The molecule has 0 N–H and O–H groups in total. The van der Waals surface area contributed by atoms with Gasteiger partial charge in [-0.15, -0.1) is 0 Å². The van der Waals surface area contributed by atoms with Crippen LogP contribution in [-0.2, 0) is 9.59 Å². The normalized spacial score (nSPS) is 31.6. The van der Waals surface area contributed by atoms with Crippen molar-refractivity contribution < 1.29 is 9.59 Å². The maximum absolute atomic E-state index is 11.9. The molecule has 0 radical (unpaired) electrons. The van der Waals surface area contributed by atoms with E-state index in [2.05, 4.69) is 0 Å². The lowest BCUT2D eigenvalue weighted by Gasteiger charge is -2.32. The predicted octanol–water partition coefficient (Wildman–Crippen LogP) is 1.07. The Morgan fingerprint density at radius 2 is 1.93 bits per heavy atom. The third kappa shape index (κ3) is 1.43. The minimum absolute atomic E-state index is 0.00454. The van der Waals surface area contributed by atoms with Gasteiger partial charge in [0, 0.05) is 11.8 Å². The van der Waals surface area contributed by atoms with Crippen molar-refractivity contribution in [1.29, 1.82) is 5.26 Å². The highest BCUT2D eigenvalue weighted by Crippen LogP contribution is 2.39. The van der Waals surface area contributed by atoms with E-state index >= 15 is 0 Å². The molecule has 3 unspecified atom stereocenters. The number of imide groups is 1. The van der Waals surface area contributed by atoms with Gasteiger partial charge in [-0.25, -0.2) is 0 Å². The summed E-state index contributed by atoms with van der Waals surface area (Å²) in [5.74, 6) is -0.255. The molecule has 0 aromatic heterocycles. The van der Waals surface area contributed by atoms with Crippen molar-refractivity contribution in [3.8, 4) is 6.07 Å². The second-order valence-corrected chi connectivity index (χ2v) is 4.31. The number of hydrogen-bond acceptors (Lipinski definition) is 3. The van der Waals surface area contributed by atoms with Crippen molar-refractivity contribution >= 4 is 11.8 Å². The van der Waals surface area contributed by atoms with Crippen LogP contribution in [0.15, 0.2) is 0 Å². The lowest BCUT2D eigenvalue weighted by atomic mass is 9.95. The minimum Gasteiger partial charge on any atom is -0.274 e. The number of hydrogen-bond donors (Lipinski definition) is 0. The van der Waals surface area contributed by atoms with Gasteiger partial charge in [0.15, 0.2) is 0 Å². The smallest absolute Gasteiger partial charge is 0.233 e. The van der Waals surface area contributed by atoms with Gasteiger partial charge in [-0.05, 0) is 25.7 Å². The van der Waals surface area contributed by atoms with Crippen molar-refractivity contribution in [3.05, 3.63) is 0 Å². The largest absolute Gasteiger partial charge is 0.274 e. The number of fused-ring (bicyclic) bond motifs is 2. The van der Waals surface area contributed by atoms with Gasteiger partial charge in [-0.2, -0.15) is 5.26 Å². The number of nitrogens with zero attached hydrogens (tertiary/aromatic N) is 2. The van der Waals surface area contributed by atoms with E-state index in [1.54, 1.807) is 0 Å². The highest BCUT2D eigenvalue weighted by molar-refractivity contribution is 6.01. The molecule has 4 heteroatoms. The van der Waals surface area contributed by atoms with Crippen molar-refractivity contribution in [2.45, 2.75) is 38.6 Å². The van der Waals surface area contributed by atoms with Crippen LogP contribution in [0.4, 0.5) is 0 Å². The van der Waals surface area contributed by atoms with Crippen LogP contribution in [0.2, 0.25) is 0 Å². The fraction of sp³-hybridized carbons (Fsp3) is 0.727. The van der Waals surface area contributed by atoms with E-state index in [-0.39, 0.29) is 23.7 Å². The van der Waals surface area contributed by atoms with Gasteiger partial charge in [0.1, 0.15) is 6.04 Å². The maximum Gasteiger partial charge on any atom is 0.233 e.